The van der Waals surface area contributed by atoms with Gasteiger partial charge in [-0.2, -0.15) is 11.8 Å². The van der Waals surface area contributed by atoms with Gasteiger partial charge in [0.2, 0.25) is 0 Å². The lowest BCUT2D eigenvalue weighted by Gasteiger charge is -2.05. The maximum absolute atomic E-state index is 11.6. The van der Waals surface area contributed by atoms with Gasteiger partial charge in [0.1, 0.15) is 5.56 Å². The van der Waals surface area contributed by atoms with Crippen molar-refractivity contribution in [2.24, 2.45) is 0 Å². The fourth-order valence-corrected chi connectivity index (χ4v) is 1.80. The number of nitrogens with zero attached hydrogens (tertiary/aromatic N) is 1. The average Bonchev–Trinajstić information content (AvgIpc) is 2.20. The van der Waals surface area contributed by atoms with Crippen LogP contribution in [0.15, 0.2) is 23.1 Å². The van der Waals surface area contributed by atoms with Crippen molar-refractivity contribution in [2.45, 2.75) is 13.5 Å². The van der Waals surface area contributed by atoms with Gasteiger partial charge in [0.25, 0.3) is 5.56 Å². The van der Waals surface area contributed by atoms with Crippen LogP contribution in [0.4, 0.5) is 0 Å². The molecule has 0 saturated carbocycles. The molecule has 0 aliphatic carbocycles. The molecular weight excluding hydrogens is 214 g/mol. The highest BCUT2D eigenvalue weighted by atomic mass is 32.2. The van der Waals surface area contributed by atoms with Gasteiger partial charge in [-0.15, -0.1) is 0 Å². The number of thioether (sulfide) groups is 1. The first-order chi connectivity index (χ1) is 7.16. The van der Waals surface area contributed by atoms with Crippen molar-refractivity contribution in [3.8, 4) is 0 Å². The third-order valence-corrected chi connectivity index (χ3v) is 2.81. The first-order valence-corrected chi connectivity index (χ1v) is 5.82. The van der Waals surface area contributed by atoms with E-state index < -0.39 is 11.5 Å². The van der Waals surface area contributed by atoms with Crippen molar-refractivity contribution in [3.05, 3.63) is 34.2 Å². The maximum Gasteiger partial charge on any atom is 0.341 e. The predicted octanol–water partition coefficient (Wildman–Crippen LogP) is 1.30. The number of carboxylic acids is 1. The van der Waals surface area contributed by atoms with E-state index in [1.54, 1.807) is 24.0 Å². The van der Waals surface area contributed by atoms with Crippen molar-refractivity contribution >= 4 is 17.7 Å². The Morgan fingerprint density at radius 3 is 2.93 bits per heavy atom. The molecule has 15 heavy (non-hydrogen) atoms. The van der Waals surface area contributed by atoms with Crippen LogP contribution in [-0.4, -0.2) is 27.1 Å². The molecule has 0 aliphatic heterocycles. The maximum atomic E-state index is 11.6. The van der Waals surface area contributed by atoms with E-state index in [9.17, 15) is 9.59 Å². The van der Waals surface area contributed by atoms with E-state index in [4.69, 9.17) is 5.11 Å². The van der Waals surface area contributed by atoms with Crippen LogP contribution >= 0.6 is 11.8 Å². The van der Waals surface area contributed by atoms with Gasteiger partial charge in [-0.3, -0.25) is 4.79 Å². The third-order valence-electron chi connectivity index (χ3n) is 1.93. The molecule has 1 N–H and O–H groups in total. The van der Waals surface area contributed by atoms with Crippen LogP contribution in [0.3, 0.4) is 0 Å². The van der Waals surface area contributed by atoms with E-state index in [0.717, 1.165) is 11.5 Å². The standard InChI is InChI=1S/C10H13NO3S/c1-2-15-7-6-11-5-3-4-8(9(11)12)10(13)14/h3-5H,2,6-7H2,1H3,(H,13,14). The Kier molecular flexibility index (Phi) is 4.42. The third kappa shape index (κ3) is 3.13. The molecule has 0 aliphatic rings. The summed E-state index contributed by atoms with van der Waals surface area (Å²) in [6.45, 7) is 2.60. The summed E-state index contributed by atoms with van der Waals surface area (Å²) in [7, 11) is 0. The number of carboxylic acid groups (broad SMARTS) is 1. The Morgan fingerprint density at radius 2 is 2.33 bits per heavy atom. The minimum absolute atomic E-state index is 0.168. The molecule has 1 heterocycles. The first-order valence-electron chi connectivity index (χ1n) is 4.67. The molecular formula is C10H13NO3S. The predicted molar refractivity (Wildman–Crippen MR) is 60.7 cm³/mol. The SMILES string of the molecule is CCSCCn1cccc(C(=O)O)c1=O. The fourth-order valence-electron chi connectivity index (χ4n) is 1.18. The van der Waals surface area contributed by atoms with E-state index >= 15 is 0 Å². The highest BCUT2D eigenvalue weighted by Gasteiger charge is 2.09. The Balaban J connectivity index is 2.85. The molecule has 0 radical (unpaired) electrons. The fraction of sp³-hybridized carbons (Fsp3) is 0.400. The minimum atomic E-state index is -1.17. The summed E-state index contributed by atoms with van der Waals surface area (Å²) in [5.74, 6) is 0.643. The number of pyridine rings is 1. The van der Waals surface area contributed by atoms with E-state index in [2.05, 4.69) is 0 Å². The quantitative estimate of drug-likeness (QED) is 0.770. The van der Waals surface area contributed by atoms with Gasteiger partial charge in [0.15, 0.2) is 0 Å². The van der Waals surface area contributed by atoms with Crippen LogP contribution in [0.25, 0.3) is 0 Å². The van der Waals surface area contributed by atoms with Gasteiger partial charge in [-0.25, -0.2) is 4.79 Å². The molecule has 82 valence electrons. The summed E-state index contributed by atoms with van der Waals surface area (Å²) in [6.07, 6.45) is 1.62. The second-order valence-corrected chi connectivity index (χ2v) is 4.32. The summed E-state index contributed by atoms with van der Waals surface area (Å²) in [4.78, 5) is 22.3. The average molecular weight is 227 g/mol. The molecule has 1 rings (SSSR count). The van der Waals surface area contributed by atoms with Gasteiger partial charge in [-0.05, 0) is 17.9 Å². The van der Waals surface area contributed by atoms with Crippen molar-refractivity contribution in [3.63, 3.8) is 0 Å². The Bertz CT molecular complexity index is 400. The molecule has 0 saturated heterocycles. The number of rotatable bonds is 5. The number of hydrogen-bond donors (Lipinski definition) is 1. The van der Waals surface area contributed by atoms with E-state index in [0.29, 0.717) is 6.54 Å². The molecule has 0 bridgehead atoms. The number of aromatic carboxylic acids is 1. The van der Waals surface area contributed by atoms with Gasteiger partial charge < -0.3 is 9.67 Å². The Labute approximate surface area is 91.9 Å². The van der Waals surface area contributed by atoms with Crippen molar-refractivity contribution in [2.75, 3.05) is 11.5 Å². The molecule has 0 spiro atoms. The summed E-state index contributed by atoms with van der Waals surface area (Å²) in [6, 6.07) is 2.91. The van der Waals surface area contributed by atoms with Gasteiger partial charge in [0, 0.05) is 18.5 Å². The monoisotopic (exact) mass is 227 g/mol. The minimum Gasteiger partial charge on any atom is -0.477 e. The molecule has 5 heteroatoms. The van der Waals surface area contributed by atoms with Gasteiger partial charge in [-0.1, -0.05) is 6.92 Å². The second kappa shape index (κ2) is 5.60. The smallest absolute Gasteiger partial charge is 0.341 e. The van der Waals surface area contributed by atoms with Crippen LogP contribution in [0.2, 0.25) is 0 Å². The van der Waals surface area contributed by atoms with Gasteiger partial charge >= 0.3 is 5.97 Å². The lowest BCUT2D eigenvalue weighted by Crippen LogP contribution is -2.26. The number of aromatic nitrogens is 1. The molecule has 0 atom stereocenters. The zero-order valence-corrected chi connectivity index (χ0v) is 9.29. The topological polar surface area (TPSA) is 59.3 Å². The van der Waals surface area contributed by atoms with Crippen LogP contribution in [0.5, 0.6) is 0 Å². The van der Waals surface area contributed by atoms with Gasteiger partial charge in [0.05, 0.1) is 0 Å². The summed E-state index contributed by atoms with van der Waals surface area (Å²) >= 11 is 1.72. The zero-order valence-electron chi connectivity index (χ0n) is 8.47. The molecule has 1 aromatic heterocycles. The van der Waals surface area contributed by atoms with Crippen LogP contribution in [0, 0.1) is 0 Å². The molecule has 4 nitrogen and oxygen atoms in total. The van der Waals surface area contributed by atoms with Crippen LogP contribution in [-0.2, 0) is 6.54 Å². The Morgan fingerprint density at radius 1 is 1.60 bits per heavy atom. The van der Waals surface area contributed by atoms with Crippen LogP contribution in [0.1, 0.15) is 17.3 Å². The summed E-state index contributed by atoms with van der Waals surface area (Å²) in [5.41, 5.74) is -0.597. The summed E-state index contributed by atoms with van der Waals surface area (Å²) < 4.78 is 1.44. The highest BCUT2D eigenvalue weighted by molar-refractivity contribution is 7.99. The van der Waals surface area contributed by atoms with Crippen molar-refractivity contribution < 1.29 is 9.90 Å². The zero-order chi connectivity index (χ0) is 11.3. The second-order valence-electron chi connectivity index (χ2n) is 2.92. The number of aryl methyl sites for hydroxylation is 1. The van der Waals surface area contributed by atoms with E-state index in [1.165, 1.54) is 10.6 Å². The Hall–Kier alpha value is -1.23. The molecule has 0 amide bonds. The molecule has 0 unspecified atom stereocenters. The van der Waals surface area contributed by atoms with Crippen molar-refractivity contribution in [1.29, 1.82) is 0 Å². The largest absolute Gasteiger partial charge is 0.477 e. The molecule has 1 aromatic rings. The first kappa shape index (κ1) is 11.8. The molecule has 0 aromatic carbocycles. The normalized spacial score (nSPS) is 10.2. The highest BCUT2D eigenvalue weighted by Crippen LogP contribution is 1.99. The lowest BCUT2D eigenvalue weighted by atomic mass is 10.3. The van der Waals surface area contributed by atoms with E-state index in [1.807, 2.05) is 6.92 Å². The number of carbonyl (C=O) groups is 1. The number of hydrogen-bond acceptors (Lipinski definition) is 3. The van der Waals surface area contributed by atoms with Crippen LogP contribution < -0.4 is 5.56 Å². The van der Waals surface area contributed by atoms with Crippen molar-refractivity contribution in [1.82, 2.24) is 4.57 Å². The molecule has 0 fully saturated rings. The summed E-state index contributed by atoms with van der Waals surface area (Å²) in [5, 5.41) is 8.74. The van der Waals surface area contributed by atoms with E-state index in [-0.39, 0.29) is 5.56 Å². The lowest BCUT2D eigenvalue weighted by molar-refractivity contribution is 0.0694.